The lowest BCUT2D eigenvalue weighted by atomic mass is 9.91. The molecule has 0 saturated heterocycles. The van der Waals surface area contributed by atoms with E-state index in [0.717, 1.165) is 33.0 Å². The zero-order chi connectivity index (χ0) is 20.3. The van der Waals surface area contributed by atoms with Gasteiger partial charge < -0.3 is 4.90 Å². The summed E-state index contributed by atoms with van der Waals surface area (Å²) in [4.78, 5) is 15.6. The second kappa shape index (κ2) is 8.43. The number of rotatable bonds is 6. The topological polar surface area (TPSA) is 20.3 Å². The molecule has 0 bridgehead atoms. The molecule has 3 aromatic rings. The van der Waals surface area contributed by atoms with Crippen molar-refractivity contribution >= 4 is 22.3 Å². The Labute approximate surface area is 168 Å². The fourth-order valence-corrected chi connectivity index (χ4v) is 3.92. The van der Waals surface area contributed by atoms with Gasteiger partial charge in [-0.3, -0.25) is 4.79 Å². The molecule has 0 spiro atoms. The average Bonchev–Trinajstić information content (AvgIpc) is 2.67. The lowest BCUT2D eigenvalue weighted by Gasteiger charge is -2.32. The number of hydrogen-bond acceptors (Lipinski definition) is 1. The molecule has 0 aliphatic carbocycles. The van der Waals surface area contributed by atoms with Gasteiger partial charge in [-0.1, -0.05) is 73.3 Å². The van der Waals surface area contributed by atoms with Gasteiger partial charge in [0.15, 0.2) is 0 Å². The predicted octanol–water partition coefficient (Wildman–Crippen LogP) is 6.35. The first-order valence-corrected chi connectivity index (χ1v) is 9.96. The summed E-state index contributed by atoms with van der Waals surface area (Å²) in [6.07, 6.45) is 0.653. The Morgan fingerprint density at radius 2 is 1.46 bits per heavy atom. The van der Waals surface area contributed by atoms with E-state index in [1.165, 1.54) is 0 Å². The molecule has 3 rings (SSSR count). The van der Waals surface area contributed by atoms with Crippen LogP contribution < -0.4 is 0 Å². The van der Waals surface area contributed by atoms with E-state index in [-0.39, 0.29) is 18.0 Å². The highest BCUT2D eigenvalue weighted by atomic mass is 16.2. The lowest BCUT2D eigenvalue weighted by Crippen LogP contribution is -2.42. The molecule has 0 aliphatic rings. The molecule has 2 heteroatoms. The van der Waals surface area contributed by atoms with E-state index in [4.69, 9.17) is 0 Å². The smallest absolute Gasteiger partial charge is 0.255 e. The number of carbonyl (C=O) groups excluding carboxylic acids is 1. The Bertz CT molecular complexity index is 978. The summed E-state index contributed by atoms with van der Waals surface area (Å²) in [5.74, 6) is 0.0951. The summed E-state index contributed by atoms with van der Waals surface area (Å²) in [5.41, 5.74) is 3.96. The highest BCUT2D eigenvalue weighted by Gasteiger charge is 2.25. The average molecular weight is 372 g/mol. The van der Waals surface area contributed by atoms with Gasteiger partial charge in [-0.05, 0) is 61.6 Å². The van der Waals surface area contributed by atoms with Gasteiger partial charge in [0.05, 0.1) is 5.56 Å². The molecular weight excluding hydrogens is 342 g/mol. The Hall–Kier alpha value is -2.87. The van der Waals surface area contributed by atoms with Crippen LogP contribution in [0.5, 0.6) is 0 Å². The van der Waals surface area contributed by atoms with E-state index in [9.17, 15) is 4.79 Å². The Balaban J connectivity index is 2.11. The van der Waals surface area contributed by atoms with Crippen LogP contribution in [0, 0.1) is 0 Å². The molecule has 0 aliphatic heterocycles. The number of nitrogens with zero attached hydrogens (tertiary/aromatic N) is 1. The molecule has 0 heterocycles. The Kier molecular flexibility index (Phi) is 5.99. The highest BCUT2D eigenvalue weighted by Crippen LogP contribution is 2.29. The number of carbonyl (C=O) groups is 1. The SMILES string of the molecule is C=C(Cc1ccc2ccccc2c1C(=O)N(C(C)C)C(C)C)c1ccccc1. The zero-order valence-electron chi connectivity index (χ0n) is 17.3. The molecule has 0 atom stereocenters. The highest BCUT2D eigenvalue weighted by molar-refractivity contribution is 6.09. The summed E-state index contributed by atoms with van der Waals surface area (Å²) >= 11 is 0. The van der Waals surface area contributed by atoms with E-state index < -0.39 is 0 Å². The molecule has 2 nitrogen and oxygen atoms in total. The van der Waals surface area contributed by atoms with Gasteiger partial charge >= 0.3 is 0 Å². The van der Waals surface area contributed by atoms with Gasteiger partial charge in [0, 0.05) is 12.1 Å². The molecule has 28 heavy (non-hydrogen) atoms. The fourth-order valence-electron chi connectivity index (χ4n) is 3.92. The molecule has 0 unspecified atom stereocenters. The zero-order valence-corrected chi connectivity index (χ0v) is 17.3. The lowest BCUT2D eigenvalue weighted by molar-refractivity contribution is 0.0645. The maximum Gasteiger partial charge on any atom is 0.255 e. The van der Waals surface area contributed by atoms with Crippen molar-refractivity contribution < 1.29 is 4.79 Å². The van der Waals surface area contributed by atoms with E-state index in [1.807, 2.05) is 35.2 Å². The van der Waals surface area contributed by atoms with E-state index in [1.54, 1.807) is 0 Å². The molecule has 0 saturated carbocycles. The van der Waals surface area contributed by atoms with Crippen LogP contribution in [0.15, 0.2) is 73.3 Å². The van der Waals surface area contributed by atoms with Crippen LogP contribution in [-0.4, -0.2) is 22.9 Å². The maximum atomic E-state index is 13.7. The van der Waals surface area contributed by atoms with Gasteiger partial charge in [0.1, 0.15) is 0 Å². The van der Waals surface area contributed by atoms with Crippen LogP contribution in [0.1, 0.15) is 49.2 Å². The van der Waals surface area contributed by atoms with E-state index >= 15 is 0 Å². The van der Waals surface area contributed by atoms with Crippen LogP contribution in [0.4, 0.5) is 0 Å². The summed E-state index contributed by atoms with van der Waals surface area (Å²) in [6.45, 7) is 12.6. The third-order valence-electron chi connectivity index (χ3n) is 5.16. The Morgan fingerprint density at radius 3 is 2.11 bits per heavy atom. The second-order valence-corrected chi connectivity index (χ2v) is 7.87. The van der Waals surface area contributed by atoms with Crippen molar-refractivity contribution in [1.29, 1.82) is 0 Å². The van der Waals surface area contributed by atoms with Crippen LogP contribution in [0.3, 0.4) is 0 Å². The first kappa shape index (κ1) is 19.9. The van der Waals surface area contributed by atoms with Crippen molar-refractivity contribution in [2.24, 2.45) is 0 Å². The summed E-state index contributed by atoms with van der Waals surface area (Å²) < 4.78 is 0. The van der Waals surface area contributed by atoms with Gasteiger partial charge in [-0.15, -0.1) is 0 Å². The standard InChI is InChI=1S/C26H29NO/c1-18(2)27(19(3)4)26(28)25-23(16-15-22-13-9-10-14-24(22)25)17-20(5)21-11-7-6-8-12-21/h6-16,18-19H,5,17H2,1-4H3. The van der Waals surface area contributed by atoms with Crippen molar-refractivity contribution in [2.75, 3.05) is 0 Å². The van der Waals surface area contributed by atoms with Crippen molar-refractivity contribution in [2.45, 2.75) is 46.2 Å². The molecular formula is C26H29NO. The summed E-state index contributed by atoms with van der Waals surface area (Å²) in [7, 11) is 0. The number of hydrogen-bond donors (Lipinski definition) is 0. The minimum atomic E-state index is 0.0951. The van der Waals surface area contributed by atoms with Gasteiger partial charge in [-0.25, -0.2) is 0 Å². The van der Waals surface area contributed by atoms with Crippen LogP contribution in [-0.2, 0) is 6.42 Å². The van der Waals surface area contributed by atoms with Gasteiger partial charge in [0.2, 0.25) is 0 Å². The maximum absolute atomic E-state index is 13.7. The van der Waals surface area contributed by atoms with Crippen molar-refractivity contribution in [3.63, 3.8) is 0 Å². The normalized spacial score (nSPS) is 11.2. The molecule has 3 aromatic carbocycles. The van der Waals surface area contributed by atoms with Crippen LogP contribution in [0.2, 0.25) is 0 Å². The third kappa shape index (κ3) is 4.01. The van der Waals surface area contributed by atoms with Gasteiger partial charge in [-0.2, -0.15) is 0 Å². The number of benzene rings is 3. The molecule has 0 fully saturated rings. The van der Waals surface area contributed by atoms with Crippen molar-refractivity contribution in [3.8, 4) is 0 Å². The van der Waals surface area contributed by atoms with Crippen molar-refractivity contribution in [3.05, 3.63) is 90.0 Å². The third-order valence-corrected chi connectivity index (χ3v) is 5.16. The van der Waals surface area contributed by atoms with Crippen LogP contribution in [0.25, 0.3) is 16.3 Å². The summed E-state index contributed by atoms with van der Waals surface area (Å²) in [5, 5.41) is 2.10. The number of amides is 1. The van der Waals surface area contributed by atoms with Crippen LogP contribution >= 0.6 is 0 Å². The number of fused-ring (bicyclic) bond motifs is 1. The minimum Gasteiger partial charge on any atom is -0.334 e. The first-order chi connectivity index (χ1) is 13.4. The predicted molar refractivity (Wildman–Crippen MR) is 120 cm³/mol. The molecule has 144 valence electrons. The molecule has 0 radical (unpaired) electrons. The summed E-state index contributed by atoms with van der Waals surface area (Å²) in [6, 6.07) is 22.8. The monoisotopic (exact) mass is 371 g/mol. The molecule has 0 aromatic heterocycles. The quantitative estimate of drug-likeness (QED) is 0.494. The molecule has 1 amide bonds. The van der Waals surface area contributed by atoms with Gasteiger partial charge in [0.25, 0.3) is 5.91 Å². The Morgan fingerprint density at radius 1 is 0.857 bits per heavy atom. The first-order valence-electron chi connectivity index (χ1n) is 9.96. The largest absolute Gasteiger partial charge is 0.334 e. The molecule has 0 N–H and O–H groups in total. The van der Waals surface area contributed by atoms with E-state index in [0.29, 0.717) is 6.42 Å². The minimum absolute atomic E-state index is 0.0951. The van der Waals surface area contributed by atoms with Crippen molar-refractivity contribution in [1.82, 2.24) is 4.90 Å². The number of allylic oxidation sites excluding steroid dienone is 1. The fraction of sp³-hybridized carbons (Fsp3) is 0.269. The van der Waals surface area contributed by atoms with E-state index in [2.05, 4.69) is 70.7 Å². The second-order valence-electron chi connectivity index (χ2n) is 7.87.